The second kappa shape index (κ2) is 3.46. The molecule has 3 nitrogen and oxygen atoms in total. The molecule has 0 aliphatic rings. The zero-order valence-electron chi connectivity index (χ0n) is 5.62. The van der Waals surface area contributed by atoms with Crippen LogP contribution < -0.4 is 0 Å². The van der Waals surface area contributed by atoms with Crippen LogP contribution in [-0.4, -0.2) is 15.3 Å². The highest BCUT2D eigenvalue weighted by Gasteiger charge is 2.01. The van der Waals surface area contributed by atoms with E-state index >= 15 is 0 Å². The molecule has 1 N–H and O–H groups in total. The molecule has 1 heterocycles. The molecule has 0 saturated heterocycles. The molecule has 1 aromatic rings. The molecule has 0 radical (unpaired) electrons. The maximum Gasteiger partial charge on any atom is 0.253 e. The van der Waals surface area contributed by atoms with E-state index in [0.717, 1.165) is 0 Å². The van der Waals surface area contributed by atoms with Crippen molar-refractivity contribution in [2.24, 2.45) is 0 Å². The van der Waals surface area contributed by atoms with Gasteiger partial charge < -0.3 is 5.11 Å². The van der Waals surface area contributed by atoms with E-state index in [1.165, 1.54) is 18.5 Å². The van der Waals surface area contributed by atoms with Crippen LogP contribution in [0, 0.1) is 0 Å². The zero-order valence-corrected chi connectivity index (χ0v) is 6.38. The Morgan fingerprint density at radius 1 is 1.64 bits per heavy atom. The van der Waals surface area contributed by atoms with E-state index in [-0.39, 0.29) is 6.61 Å². The Morgan fingerprint density at radius 3 is 2.91 bits per heavy atom. The molecule has 0 saturated carbocycles. The Labute approximate surface area is 68.6 Å². The molecular weight excluding hydrogens is 166 g/mol. The minimum atomic E-state index is -0.562. The molecule has 58 valence electrons. The average molecular weight is 172 g/mol. The van der Waals surface area contributed by atoms with Crippen LogP contribution in [-0.2, 0) is 6.61 Å². The molecule has 4 heteroatoms. The summed E-state index contributed by atoms with van der Waals surface area (Å²) < 4.78 is 0. The highest BCUT2D eigenvalue weighted by Crippen LogP contribution is 2.05. The van der Waals surface area contributed by atoms with Gasteiger partial charge in [0.15, 0.2) is 0 Å². The lowest BCUT2D eigenvalue weighted by molar-refractivity contribution is 0.108. The summed E-state index contributed by atoms with van der Waals surface area (Å²) in [7, 11) is 0. The van der Waals surface area contributed by atoms with Gasteiger partial charge in [0.05, 0.1) is 12.2 Å². The second-order valence-corrected chi connectivity index (χ2v) is 2.36. The number of hydrogen-bond donors (Lipinski definition) is 1. The maximum absolute atomic E-state index is 10.6. The summed E-state index contributed by atoms with van der Waals surface area (Å²) in [6.07, 6.45) is 2.83. The first-order chi connectivity index (χ1) is 5.24. The largest absolute Gasteiger partial charge is 0.392 e. The molecule has 0 fully saturated rings. The van der Waals surface area contributed by atoms with Gasteiger partial charge >= 0.3 is 0 Å². The number of nitrogens with zero attached hydrogens (tertiary/aromatic N) is 1. The van der Waals surface area contributed by atoms with Crippen LogP contribution in [0.15, 0.2) is 18.5 Å². The van der Waals surface area contributed by atoms with Crippen LogP contribution in [0.4, 0.5) is 0 Å². The first kappa shape index (κ1) is 8.17. The van der Waals surface area contributed by atoms with E-state index in [0.29, 0.717) is 11.1 Å². The van der Waals surface area contributed by atoms with Crippen molar-refractivity contribution in [2.45, 2.75) is 6.61 Å². The summed E-state index contributed by atoms with van der Waals surface area (Å²) in [5, 5.41) is 8.09. The van der Waals surface area contributed by atoms with Crippen molar-refractivity contribution in [3.05, 3.63) is 29.6 Å². The van der Waals surface area contributed by atoms with Crippen molar-refractivity contribution in [3.8, 4) is 0 Å². The van der Waals surface area contributed by atoms with Crippen molar-refractivity contribution in [3.63, 3.8) is 0 Å². The number of pyridine rings is 1. The van der Waals surface area contributed by atoms with Crippen molar-refractivity contribution < 1.29 is 9.90 Å². The van der Waals surface area contributed by atoms with E-state index < -0.39 is 5.24 Å². The van der Waals surface area contributed by atoms with Gasteiger partial charge in [-0.2, -0.15) is 0 Å². The number of carbonyl (C=O) groups excluding carboxylic acids is 1. The van der Waals surface area contributed by atoms with Crippen LogP contribution in [0.25, 0.3) is 0 Å². The van der Waals surface area contributed by atoms with E-state index in [2.05, 4.69) is 4.98 Å². The van der Waals surface area contributed by atoms with Gasteiger partial charge in [-0.15, -0.1) is 0 Å². The summed E-state index contributed by atoms with van der Waals surface area (Å²) in [5.41, 5.74) is 0.884. The fourth-order valence-electron chi connectivity index (χ4n) is 0.682. The minimum Gasteiger partial charge on any atom is -0.392 e. The number of carbonyl (C=O) groups is 1. The number of aliphatic hydroxyl groups excluding tert-OH is 1. The predicted molar refractivity (Wildman–Crippen MR) is 40.3 cm³/mol. The Balaban J connectivity index is 3.01. The standard InChI is InChI=1S/C7H6ClNO2/c8-7(11)6-1-5(4-10)2-9-3-6/h1-3,10H,4H2. The molecule has 1 aromatic heterocycles. The van der Waals surface area contributed by atoms with Gasteiger partial charge in [-0.3, -0.25) is 9.78 Å². The second-order valence-electron chi connectivity index (χ2n) is 2.01. The quantitative estimate of drug-likeness (QED) is 0.675. The summed E-state index contributed by atoms with van der Waals surface area (Å²) in [5.74, 6) is 0. The van der Waals surface area contributed by atoms with E-state index in [4.69, 9.17) is 16.7 Å². The molecule has 0 aliphatic carbocycles. The first-order valence-corrected chi connectivity index (χ1v) is 3.36. The van der Waals surface area contributed by atoms with Crippen LogP contribution >= 0.6 is 11.6 Å². The highest BCUT2D eigenvalue weighted by atomic mass is 35.5. The fourth-order valence-corrected chi connectivity index (χ4v) is 0.785. The Hall–Kier alpha value is -0.930. The lowest BCUT2D eigenvalue weighted by atomic mass is 10.2. The SMILES string of the molecule is O=C(Cl)c1cncc(CO)c1. The van der Waals surface area contributed by atoms with Crippen LogP contribution in [0.2, 0.25) is 0 Å². The monoisotopic (exact) mass is 171 g/mol. The average Bonchev–Trinajstić information content (AvgIpc) is 2.05. The third-order valence-electron chi connectivity index (χ3n) is 1.20. The molecule has 11 heavy (non-hydrogen) atoms. The molecule has 0 amide bonds. The number of hydrogen-bond acceptors (Lipinski definition) is 3. The van der Waals surface area contributed by atoms with Crippen molar-refractivity contribution in [1.29, 1.82) is 0 Å². The Morgan fingerprint density at radius 2 is 2.36 bits per heavy atom. The van der Waals surface area contributed by atoms with Crippen LogP contribution in [0.3, 0.4) is 0 Å². The lowest BCUT2D eigenvalue weighted by Crippen LogP contribution is -1.93. The van der Waals surface area contributed by atoms with Gasteiger partial charge in [-0.1, -0.05) is 0 Å². The molecular formula is C7H6ClNO2. The fraction of sp³-hybridized carbons (Fsp3) is 0.143. The smallest absolute Gasteiger partial charge is 0.253 e. The van der Waals surface area contributed by atoms with Gasteiger partial charge in [0.25, 0.3) is 5.24 Å². The normalized spacial score (nSPS) is 9.64. The van der Waals surface area contributed by atoms with Gasteiger partial charge in [0, 0.05) is 12.4 Å². The minimum absolute atomic E-state index is 0.134. The predicted octanol–water partition coefficient (Wildman–Crippen LogP) is 0.953. The number of aromatic nitrogens is 1. The Bertz CT molecular complexity index is 275. The van der Waals surface area contributed by atoms with Gasteiger partial charge in [-0.25, -0.2) is 0 Å². The molecule has 0 aliphatic heterocycles. The third kappa shape index (κ3) is 2.00. The zero-order chi connectivity index (χ0) is 8.27. The van der Waals surface area contributed by atoms with Gasteiger partial charge in [0.1, 0.15) is 0 Å². The number of halogens is 1. The summed E-state index contributed by atoms with van der Waals surface area (Å²) in [6, 6.07) is 1.50. The molecule has 0 unspecified atom stereocenters. The van der Waals surface area contributed by atoms with Gasteiger partial charge in [-0.05, 0) is 23.2 Å². The van der Waals surface area contributed by atoms with Crippen LogP contribution in [0.1, 0.15) is 15.9 Å². The summed E-state index contributed by atoms with van der Waals surface area (Å²) >= 11 is 5.17. The van der Waals surface area contributed by atoms with Crippen LogP contribution in [0.5, 0.6) is 0 Å². The maximum atomic E-state index is 10.6. The summed E-state index contributed by atoms with van der Waals surface area (Å²) in [4.78, 5) is 14.3. The first-order valence-electron chi connectivity index (χ1n) is 2.98. The molecule has 0 spiro atoms. The molecule has 1 rings (SSSR count). The van der Waals surface area contributed by atoms with Crippen molar-refractivity contribution >= 4 is 16.8 Å². The van der Waals surface area contributed by atoms with Crippen molar-refractivity contribution in [1.82, 2.24) is 4.98 Å². The Kier molecular flexibility index (Phi) is 2.57. The number of rotatable bonds is 2. The van der Waals surface area contributed by atoms with Crippen molar-refractivity contribution in [2.75, 3.05) is 0 Å². The van der Waals surface area contributed by atoms with E-state index in [9.17, 15) is 4.79 Å². The van der Waals surface area contributed by atoms with E-state index in [1.54, 1.807) is 0 Å². The molecule has 0 aromatic carbocycles. The van der Waals surface area contributed by atoms with Gasteiger partial charge in [0.2, 0.25) is 0 Å². The number of aliphatic hydroxyl groups is 1. The third-order valence-corrected chi connectivity index (χ3v) is 1.42. The molecule has 0 bridgehead atoms. The van der Waals surface area contributed by atoms with E-state index in [1.807, 2.05) is 0 Å². The summed E-state index contributed by atoms with van der Waals surface area (Å²) in [6.45, 7) is -0.134. The molecule has 0 atom stereocenters. The lowest BCUT2D eigenvalue weighted by Gasteiger charge is -1.95. The highest BCUT2D eigenvalue weighted by molar-refractivity contribution is 6.67. The topological polar surface area (TPSA) is 50.2 Å².